The average molecular weight is 342 g/mol. The molecule has 1 aliphatic heterocycles. The Labute approximate surface area is 140 Å². The number of nitrogens with one attached hydrogen (secondary N) is 1. The van der Waals surface area contributed by atoms with Crippen molar-refractivity contribution in [2.24, 2.45) is 11.8 Å². The summed E-state index contributed by atoms with van der Waals surface area (Å²) in [6, 6.07) is -0.242. The molecule has 5 nitrogen and oxygen atoms in total. The van der Waals surface area contributed by atoms with Gasteiger partial charge >= 0.3 is 0 Å². The fourth-order valence-electron chi connectivity index (χ4n) is 2.68. The Kier molecular flexibility index (Phi) is 5.97. The molecule has 1 N–H and O–H groups in total. The second-order valence-electron chi connectivity index (χ2n) is 8.28. The zero-order chi connectivity index (χ0) is 18.2. The van der Waals surface area contributed by atoms with Crippen molar-refractivity contribution in [3.8, 4) is 0 Å². The first-order chi connectivity index (χ1) is 10.3. The van der Waals surface area contributed by atoms with Gasteiger partial charge in [0.25, 0.3) is 0 Å². The van der Waals surface area contributed by atoms with E-state index in [0.29, 0.717) is 0 Å². The smallest absolute Gasteiger partial charge is 0.228 e. The van der Waals surface area contributed by atoms with Gasteiger partial charge in [0.1, 0.15) is 11.6 Å². The van der Waals surface area contributed by atoms with Gasteiger partial charge in [-0.15, -0.1) is 0 Å². The van der Waals surface area contributed by atoms with E-state index in [1.54, 1.807) is 6.92 Å². The molecule has 6 heteroatoms. The molecule has 0 aliphatic carbocycles. The van der Waals surface area contributed by atoms with Crippen LogP contribution in [-0.2, 0) is 18.8 Å². The molecule has 1 rings (SSSR count). The van der Waals surface area contributed by atoms with E-state index in [9.17, 15) is 14.4 Å². The van der Waals surface area contributed by atoms with Crippen LogP contribution in [0.15, 0.2) is 0 Å². The number of rotatable bonds is 7. The fraction of sp³-hybridized carbons (Fsp3) is 0.824. The van der Waals surface area contributed by atoms with Gasteiger partial charge in [0.15, 0.2) is 8.32 Å². The molecule has 0 spiro atoms. The van der Waals surface area contributed by atoms with Gasteiger partial charge in [-0.25, -0.2) is 0 Å². The Morgan fingerprint density at radius 1 is 1.26 bits per heavy atom. The lowest BCUT2D eigenvalue weighted by Crippen LogP contribution is -2.66. The Balaban J connectivity index is 2.79. The number of carbonyl (C=O) groups excluding carboxylic acids is 3. The van der Waals surface area contributed by atoms with Crippen LogP contribution in [0.3, 0.4) is 0 Å². The molecular weight excluding hydrogens is 310 g/mol. The topological polar surface area (TPSA) is 72.5 Å². The summed E-state index contributed by atoms with van der Waals surface area (Å²) in [5, 5.41) is 2.88. The first-order valence-corrected chi connectivity index (χ1v) is 11.2. The number of hydrogen-bond donors (Lipinski definition) is 1. The van der Waals surface area contributed by atoms with E-state index in [1.165, 1.54) is 6.92 Å². The molecule has 0 aromatic rings. The SMILES string of the molecule is CC(=O)CC(=O)[C@H](C)C1NC(=O)C1[C@@H](C)O[Si](C)(C)C(C)(C)C. The zero-order valence-corrected chi connectivity index (χ0v) is 16.6. The van der Waals surface area contributed by atoms with E-state index in [4.69, 9.17) is 4.43 Å². The third-order valence-electron chi connectivity index (χ3n) is 5.26. The molecule has 1 heterocycles. The number of hydrogen-bond acceptors (Lipinski definition) is 4. The highest BCUT2D eigenvalue weighted by atomic mass is 28.4. The van der Waals surface area contributed by atoms with Crippen molar-refractivity contribution in [1.82, 2.24) is 5.32 Å². The Hall–Kier alpha value is -1.01. The molecular formula is C17H31NO4Si. The van der Waals surface area contributed by atoms with Crippen LogP contribution < -0.4 is 5.32 Å². The predicted octanol–water partition coefficient (Wildman–Crippen LogP) is 2.70. The highest BCUT2D eigenvalue weighted by molar-refractivity contribution is 6.74. The predicted molar refractivity (Wildman–Crippen MR) is 92.6 cm³/mol. The molecule has 1 amide bonds. The minimum atomic E-state index is -1.98. The molecule has 1 aliphatic rings. The van der Waals surface area contributed by atoms with Crippen LogP contribution in [0.4, 0.5) is 0 Å². The van der Waals surface area contributed by atoms with Crippen LogP contribution in [-0.4, -0.2) is 37.9 Å². The van der Waals surface area contributed by atoms with Crippen LogP contribution in [0.1, 0.15) is 48.0 Å². The summed E-state index contributed by atoms with van der Waals surface area (Å²) >= 11 is 0. The lowest BCUT2D eigenvalue weighted by Gasteiger charge is -2.46. The summed E-state index contributed by atoms with van der Waals surface area (Å²) in [6.07, 6.45) is -0.306. The Morgan fingerprint density at radius 2 is 1.78 bits per heavy atom. The van der Waals surface area contributed by atoms with Gasteiger partial charge in [-0.2, -0.15) is 0 Å². The van der Waals surface area contributed by atoms with Gasteiger partial charge in [0, 0.05) is 5.92 Å². The molecule has 2 unspecified atom stereocenters. The third-order valence-corrected chi connectivity index (χ3v) is 9.83. The van der Waals surface area contributed by atoms with Crippen LogP contribution in [0, 0.1) is 11.8 Å². The highest BCUT2D eigenvalue weighted by Crippen LogP contribution is 2.39. The summed E-state index contributed by atoms with van der Waals surface area (Å²) in [5.41, 5.74) is 0. The fourth-order valence-corrected chi connectivity index (χ4v) is 4.11. The molecule has 23 heavy (non-hydrogen) atoms. The van der Waals surface area contributed by atoms with Gasteiger partial charge in [0.2, 0.25) is 5.91 Å². The van der Waals surface area contributed by atoms with Crippen molar-refractivity contribution < 1.29 is 18.8 Å². The second kappa shape index (κ2) is 6.85. The van der Waals surface area contributed by atoms with Crippen LogP contribution in [0.25, 0.3) is 0 Å². The molecule has 132 valence electrons. The first-order valence-electron chi connectivity index (χ1n) is 8.28. The minimum Gasteiger partial charge on any atom is -0.413 e. The van der Waals surface area contributed by atoms with Crippen molar-refractivity contribution in [3.05, 3.63) is 0 Å². The van der Waals surface area contributed by atoms with E-state index < -0.39 is 8.32 Å². The van der Waals surface area contributed by atoms with Crippen molar-refractivity contribution in [3.63, 3.8) is 0 Å². The molecule has 0 radical (unpaired) electrons. The molecule has 1 saturated heterocycles. The number of amides is 1. The molecule has 0 bridgehead atoms. The third kappa shape index (κ3) is 4.50. The van der Waals surface area contributed by atoms with Crippen molar-refractivity contribution in [1.29, 1.82) is 0 Å². The molecule has 0 aromatic carbocycles. The maximum Gasteiger partial charge on any atom is 0.228 e. The normalized spacial score (nSPS) is 24.4. The molecule has 0 saturated carbocycles. The van der Waals surface area contributed by atoms with Gasteiger partial charge in [-0.05, 0) is 32.0 Å². The monoisotopic (exact) mass is 341 g/mol. The number of ketones is 2. The van der Waals surface area contributed by atoms with E-state index in [-0.39, 0.29) is 52.9 Å². The maximum absolute atomic E-state index is 12.1. The van der Waals surface area contributed by atoms with Crippen molar-refractivity contribution >= 4 is 25.8 Å². The van der Waals surface area contributed by atoms with E-state index in [1.807, 2.05) is 6.92 Å². The van der Waals surface area contributed by atoms with E-state index in [2.05, 4.69) is 39.2 Å². The quantitative estimate of drug-likeness (QED) is 0.439. The van der Waals surface area contributed by atoms with Crippen LogP contribution in [0.2, 0.25) is 18.1 Å². The molecule has 1 fully saturated rings. The lowest BCUT2D eigenvalue weighted by molar-refractivity contribution is -0.144. The average Bonchev–Trinajstić information content (AvgIpc) is 2.31. The lowest BCUT2D eigenvalue weighted by atomic mass is 9.77. The van der Waals surface area contributed by atoms with Gasteiger partial charge in [-0.3, -0.25) is 14.4 Å². The van der Waals surface area contributed by atoms with E-state index in [0.717, 1.165) is 0 Å². The Morgan fingerprint density at radius 3 is 2.17 bits per heavy atom. The summed E-state index contributed by atoms with van der Waals surface area (Å²) in [6.45, 7) is 15.9. The number of β-lactam (4-membered cyclic amide) rings is 1. The minimum absolute atomic E-state index is 0.0625. The second-order valence-corrected chi connectivity index (χ2v) is 13.0. The van der Waals surface area contributed by atoms with Crippen LogP contribution >= 0.6 is 0 Å². The first kappa shape index (κ1) is 20.0. The maximum atomic E-state index is 12.1. The molecule has 4 atom stereocenters. The summed E-state index contributed by atoms with van der Waals surface area (Å²) in [7, 11) is -1.98. The van der Waals surface area contributed by atoms with Crippen LogP contribution in [0.5, 0.6) is 0 Å². The zero-order valence-electron chi connectivity index (χ0n) is 15.6. The Bertz CT molecular complexity index is 495. The van der Waals surface area contributed by atoms with Crippen molar-refractivity contribution in [2.45, 2.75) is 78.2 Å². The number of Topliss-reactive ketones (excluding diaryl/α,β-unsaturated/α-hetero) is 2. The number of carbonyl (C=O) groups is 3. The largest absolute Gasteiger partial charge is 0.413 e. The summed E-state index contributed by atoms with van der Waals surface area (Å²) in [5.74, 6) is -1.02. The van der Waals surface area contributed by atoms with Gasteiger partial charge < -0.3 is 9.74 Å². The highest BCUT2D eigenvalue weighted by Gasteiger charge is 2.50. The van der Waals surface area contributed by atoms with E-state index >= 15 is 0 Å². The molecule has 0 aromatic heterocycles. The summed E-state index contributed by atoms with van der Waals surface area (Å²) in [4.78, 5) is 35.3. The van der Waals surface area contributed by atoms with Crippen molar-refractivity contribution in [2.75, 3.05) is 0 Å². The van der Waals surface area contributed by atoms with Gasteiger partial charge in [-0.1, -0.05) is 27.7 Å². The summed E-state index contributed by atoms with van der Waals surface area (Å²) < 4.78 is 6.32. The van der Waals surface area contributed by atoms with Gasteiger partial charge in [0.05, 0.1) is 24.5 Å². The standard InChI is InChI=1S/C17H31NO4Si/c1-10(19)9-13(20)11(2)15-14(16(21)18-15)12(3)22-23(7,8)17(4,5)6/h11-12,14-15H,9H2,1-8H3,(H,18,21)/t11-,12+,14?,15?/m0/s1.